The van der Waals surface area contributed by atoms with Gasteiger partial charge in [-0.3, -0.25) is 0 Å². The Morgan fingerprint density at radius 1 is 0.806 bits per heavy atom. The molecule has 0 saturated carbocycles. The number of benzene rings is 2. The number of hydrogen-bond donors (Lipinski definition) is 1. The molecule has 0 fully saturated rings. The van der Waals surface area contributed by atoms with E-state index in [0.717, 1.165) is 36.4 Å². The van der Waals surface area contributed by atoms with E-state index in [0.29, 0.717) is 11.3 Å². The number of amides is 2. The van der Waals surface area contributed by atoms with Crippen molar-refractivity contribution in [2.75, 3.05) is 5.32 Å². The Balaban J connectivity index is 1.76. The number of carbonyl (C=O) groups excluding carboxylic acids is 1. The average molecular weight is 442 g/mol. The van der Waals surface area contributed by atoms with Crippen molar-refractivity contribution in [3.63, 3.8) is 0 Å². The Morgan fingerprint density at radius 3 is 1.84 bits per heavy atom. The second-order valence-corrected chi connectivity index (χ2v) is 6.64. The maximum atomic E-state index is 12.7. The summed E-state index contributed by atoms with van der Waals surface area (Å²) in [6.45, 7) is -0.0498. The third kappa shape index (κ3) is 6.03. The minimum Gasteiger partial charge on any atom is -0.467 e. The molecule has 1 aromatic heterocycles. The van der Waals surface area contributed by atoms with E-state index in [1.807, 2.05) is 0 Å². The Kier molecular flexibility index (Phi) is 6.28. The average Bonchev–Trinajstić information content (AvgIpc) is 3.20. The highest BCUT2D eigenvalue weighted by molar-refractivity contribution is 5.89. The molecule has 10 heteroatoms. The minimum atomic E-state index is -4.50. The smallest absolute Gasteiger partial charge is 0.416 e. The maximum absolute atomic E-state index is 12.7. The summed E-state index contributed by atoms with van der Waals surface area (Å²) >= 11 is 0. The summed E-state index contributed by atoms with van der Waals surface area (Å²) in [7, 11) is 0. The van der Waals surface area contributed by atoms with Gasteiger partial charge in [0.25, 0.3) is 0 Å². The Bertz CT molecular complexity index is 994. The van der Waals surface area contributed by atoms with Crippen molar-refractivity contribution in [2.24, 2.45) is 0 Å². The van der Waals surface area contributed by atoms with Crippen LogP contribution in [0.1, 0.15) is 22.5 Å². The predicted molar refractivity (Wildman–Crippen MR) is 99.9 cm³/mol. The molecular formula is C21H16F6N2O2. The van der Waals surface area contributed by atoms with Gasteiger partial charge in [-0.25, -0.2) is 4.79 Å². The molecule has 0 aliphatic heterocycles. The van der Waals surface area contributed by atoms with Gasteiger partial charge in [0, 0.05) is 12.2 Å². The summed E-state index contributed by atoms with van der Waals surface area (Å²) < 4.78 is 81.5. The second kappa shape index (κ2) is 8.75. The molecule has 0 radical (unpaired) electrons. The lowest BCUT2D eigenvalue weighted by Crippen LogP contribution is -2.34. The molecule has 4 nitrogen and oxygen atoms in total. The molecule has 0 aliphatic rings. The number of hydrogen-bond acceptors (Lipinski definition) is 2. The summed E-state index contributed by atoms with van der Waals surface area (Å²) in [5, 5.41) is 2.49. The van der Waals surface area contributed by atoms with Crippen LogP contribution in [0.15, 0.2) is 71.3 Å². The van der Waals surface area contributed by atoms with Gasteiger partial charge in [-0.1, -0.05) is 12.1 Å². The van der Waals surface area contributed by atoms with Crippen LogP contribution in [0.3, 0.4) is 0 Å². The van der Waals surface area contributed by atoms with Crippen molar-refractivity contribution in [1.29, 1.82) is 0 Å². The van der Waals surface area contributed by atoms with Crippen LogP contribution >= 0.6 is 0 Å². The van der Waals surface area contributed by atoms with Gasteiger partial charge in [0.15, 0.2) is 0 Å². The number of nitrogens with zero attached hydrogens (tertiary/aromatic N) is 1. The molecule has 1 heterocycles. The Morgan fingerprint density at radius 2 is 1.35 bits per heavy atom. The first-order valence-electron chi connectivity index (χ1n) is 8.94. The van der Waals surface area contributed by atoms with Gasteiger partial charge >= 0.3 is 18.4 Å². The van der Waals surface area contributed by atoms with Gasteiger partial charge in [0.2, 0.25) is 0 Å². The lowest BCUT2D eigenvalue weighted by atomic mass is 10.1. The summed E-state index contributed by atoms with van der Waals surface area (Å²) in [6.07, 6.45) is -7.58. The van der Waals surface area contributed by atoms with Crippen molar-refractivity contribution in [1.82, 2.24) is 4.90 Å². The molecule has 0 bridgehead atoms. The normalized spacial score (nSPS) is 11.9. The zero-order valence-electron chi connectivity index (χ0n) is 15.8. The summed E-state index contributed by atoms with van der Waals surface area (Å²) in [6, 6.07) is 10.8. The van der Waals surface area contributed by atoms with E-state index in [-0.39, 0.29) is 18.8 Å². The molecule has 0 aliphatic carbocycles. The molecule has 164 valence electrons. The molecule has 0 unspecified atom stereocenters. The number of carbonyl (C=O) groups is 1. The van der Waals surface area contributed by atoms with Crippen molar-refractivity contribution in [3.05, 3.63) is 89.4 Å². The molecule has 31 heavy (non-hydrogen) atoms. The molecule has 0 saturated heterocycles. The van der Waals surface area contributed by atoms with Crippen LogP contribution < -0.4 is 5.32 Å². The number of furan rings is 1. The van der Waals surface area contributed by atoms with Crippen molar-refractivity contribution < 1.29 is 35.6 Å². The van der Waals surface area contributed by atoms with Crippen molar-refractivity contribution >= 4 is 11.7 Å². The van der Waals surface area contributed by atoms with E-state index >= 15 is 0 Å². The van der Waals surface area contributed by atoms with Gasteiger partial charge in [-0.15, -0.1) is 0 Å². The summed E-state index contributed by atoms with van der Waals surface area (Å²) in [5.41, 5.74) is -1.11. The summed E-state index contributed by atoms with van der Waals surface area (Å²) in [4.78, 5) is 14.0. The molecule has 0 atom stereocenters. The fourth-order valence-corrected chi connectivity index (χ4v) is 2.75. The highest BCUT2D eigenvalue weighted by Gasteiger charge is 2.31. The van der Waals surface area contributed by atoms with E-state index in [1.54, 1.807) is 12.1 Å². The second-order valence-electron chi connectivity index (χ2n) is 6.64. The van der Waals surface area contributed by atoms with Crippen LogP contribution in [0.4, 0.5) is 36.8 Å². The first-order valence-corrected chi connectivity index (χ1v) is 8.94. The molecule has 3 aromatic rings. The van der Waals surface area contributed by atoms with Gasteiger partial charge in [-0.05, 0) is 54.1 Å². The largest absolute Gasteiger partial charge is 0.467 e. The van der Waals surface area contributed by atoms with E-state index in [1.165, 1.54) is 23.3 Å². The topological polar surface area (TPSA) is 45.5 Å². The lowest BCUT2D eigenvalue weighted by molar-refractivity contribution is -0.138. The van der Waals surface area contributed by atoms with E-state index in [4.69, 9.17) is 4.42 Å². The number of alkyl halides is 6. The molecule has 1 N–H and O–H groups in total. The number of halogens is 6. The number of rotatable bonds is 5. The quantitative estimate of drug-likeness (QED) is 0.456. The van der Waals surface area contributed by atoms with Crippen LogP contribution in [-0.2, 0) is 25.4 Å². The SMILES string of the molecule is O=C(Nc1ccc(C(F)(F)F)cc1)N(Cc1ccc(C(F)(F)F)cc1)Cc1ccco1. The van der Waals surface area contributed by atoms with Crippen molar-refractivity contribution in [3.8, 4) is 0 Å². The maximum Gasteiger partial charge on any atom is 0.416 e. The minimum absolute atomic E-state index is 0.000486. The standard InChI is InChI=1S/C21H16F6N2O2/c22-20(23,24)15-5-3-14(4-6-15)12-29(13-18-2-1-11-31-18)19(30)28-17-9-7-16(8-10-17)21(25,26)27/h1-11H,12-13H2,(H,28,30). The number of nitrogens with one attached hydrogen (secondary N) is 1. The Labute approximate surface area is 173 Å². The van der Waals surface area contributed by atoms with Gasteiger partial charge in [-0.2, -0.15) is 26.3 Å². The van der Waals surface area contributed by atoms with E-state index < -0.39 is 29.5 Å². The van der Waals surface area contributed by atoms with Gasteiger partial charge in [0.1, 0.15) is 5.76 Å². The lowest BCUT2D eigenvalue weighted by Gasteiger charge is -2.23. The zero-order valence-corrected chi connectivity index (χ0v) is 15.8. The highest BCUT2D eigenvalue weighted by Crippen LogP contribution is 2.30. The fourth-order valence-electron chi connectivity index (χ4n) is 2.75. The highest BCUT2D eigenvalue weighted by atomic mass is 19.4. The van der Waals surface area contributed by atoms with Crippen LogP contribution in [-0.4, -0.2) is 10.9 Å². The summed E-state index contributed by atoms with van der Waals surface area (Å²) in [5.74, 6) is 0.425. The molecule has 0 spiro atoms. The molecule has 2 amide bonds. The van der Waals surface area contributed by atoms with Gasteiger partial charge < -0.3 is 14.6 Å². The fraction of sp³-hybridized carbons (Fsp3) is 0.190. The third-order valence-corrected chi connectivity index (χ3v) is 4.33. The van der Waals surface area contributed by atoms with E-state index in [9.17, 15) is 31.1 Å². The predicted octanol–water partition coefficient (Wildman–Crippen LogP) is 6.55. The van der Waals surface area contributed by atoms with Crippen LogP contribution in [0.5, 0.6) is 0 Å². The first-order chi connectivity index (χ1) is 14.5. The zero-order chi connectivity index (χ0) is 22.6. The van der Waals surface area contributed by atoms with Crippen LogP contribution in [0.2, 0.25) is 0 Å². The van der Waals surface area contributed by atoms with Crippen LogP contribution in [0, 0.1) is 0 Å². The van der Waals surface area contributed by atoms with E-state index in [2.05, 4.69) is 5.32 Å². The molecule has 3 rings (SSSR count). The molecule has 2 aromatic carbocycles. The number of anilines is 1. The number of urea groups is 1. The Hall–Kier alpha value is -3.43. The molecular weight excluding hydrogens is 426 g/mol. The third-order valence-electron chi connectivity index (χ3n) is 4.33. The van der Waals surface area contributed by atoms with Crippen LogP contribution in [0.25, 0.3) is 0 Å². The van der Waals surface area contributed by atoms with Crippen molar-refractivity contribution in [2.45, 2.75) is 25.4 Å². The monoisotopic (exact) mass is 442 g/mol. The first kappa shape index (κ1) is 22.3. The van der Waals surface area contributed by atoms with Gasteiger partial charge in [0.05, 0.1) is 23.9 Å².